The second kappa shape index (κ2) is 3.39. The zero-order valence-corrected chi connectivity index (χ0v) is 5.64. The topological polar surface area (TPSA) is 18.5 Å². The molecule has 0 spiro atoms. The summed E-state index contributed by atoms with van der Waals surface area (Å²) in [5.41, 5.74) is 0. The summed E-state index contributed by atoms with van der Waals surface area (Å²) < 4.78 is 16.0. The molecule has 2 nitrogen and oxygen atoms in total. The normalized spacial score (nSPS) is 9.40. The summed E-state index contributed by atoms with van der Waals surface area (Å²) in [4.78, 5) is 4.36. The van der Waals surface area contributed by atoms with E-state index in [-0.39, 0.29) is 5.82 Å². The Balaban J connectivity index is 2.69. The van der Waals surface area contributed by atoms with Crippen LogP contribution in [0.5, 0.6) is 5.75 Å². The molecule has 1 aromatic rings. The fourth-order valence-corrected chi connectivity index (χ4v) is 0.599. The highest BCUT2D eigenvalue weighted by molar-refractivity contribution is 6.06. The van der Waals surface area contributed by atoms with Crippen molar-refractivity contribution >= 4 is 11.9 Å². The monoisotopic (exact) mass is 162 g/mol. The molecule has 0 saturated heterocycles. The molecular weight excluding hydrogens is 159 g/mol. The van der Waals surface area contributed by atoms with E-state index in [1.165, 1.54) is 24.3 Å². The Bertz CT molecular complexity index is 199. The van der Waals surface area contributed by atoms with Crippen LogP contribution in [0.2, 0.25) is 0 Å². The van der Waals surface area contributed by atoms with Crippen molar-refractivity contribution in [3.8, 4) is 5.75 Å². The van der Waals surface area contributed by atoms with Crippen LogP contribution in [0.3, 0.4) is 0 Å². The first kappa shape index (κ1) is 7.31. The van der Waals surface area contributed by atoms with Crippen molar-refractivity contribution in [2.24, 2.45) is 0 Å². The lowest BCUT2D eigenvalue weighted by atomic mass is 10.3. The van der Waals surface area contributed by atoms with Crippen LogP contribution in [-0.4, -0.2) is 0 Å². The van der Waals surface area contributed by atoms with Gasteiger partial charge < -0.3 is 4.89 Å². The highest BCUT2D eigenvalue weighted by Gasteiger charge is 1.92. The molecule has 0 bridgehead atoms. The largest absolute Gasteiger partial charge is 0.320 e. The maximum absolute atomic E-state index is 12.2. The van der Waals surface area contributed by atoms with Gasteiger partial charge >= 0.3 is 0 Å². The predicted molar refractivity (Wildman–Crippen MR) is 34.0 cm³/mol. The summed E-state index contributed by atoms with van der Waals surface area (Å²) in [5, 5.41) is 0. The highest BCUT2D eigenvalue weighted by atomic mass is 35.5. The number of rotatable bonds is 2. The molecule has 0 aromatic heterocycles. The molecule has 0 aliphatic carbocycles. The lowest BCUT2D eigenvalue weighted by Crippen LogP contribution is -1.85. The fraction of sp³-hybridized carbons (Fsp3) is 0. The van der Waals surface area contributed by atoms with Crippen molar-refractivity contribution in [3.05, 3.63) is 30.1 Å². The SMILES string of the molecule is Fc1ccc(OOCl)cc1. The minimum absolute atomic E-state index is 0.332. The maximum atomic E-state index is 12.2. The standard InChI is InChI=1S/C6H4ClFO2/c7-10-9-6-3-1-5(8)2-4-6/h1-4H. The van der Waals surface area contributed by atoms with E-state index >= 15 is 0 Å². The van der Waals surface area contributed by atoms with Crippen molar-refractivity contribution in [1.29, 1.82) is 0 Å². The van der Waals surface area contributed by atoms with E-state index in [2.05, 4.69) is 9.33 Å². The molecule has 54 valence electrons. The van der Waals surface area contributed by atoms with E-state index in [1.54, 1.807) is 0 Å². The molecule has 4 heteroatoms. The van der Waals surface area contributed by atoms with E-state index in [4.69, 9.17) is 11.9 Å². The Labute approximate surface area is 62.2 Å². The van der Waals surface area contributed by atoms with E-state index in [0.717, 1.165) is 0 Å². The zero-order chi connectivity index (χ0) is 7.40. The van der Waals surface area contributed by atoms with Crippen LogP contribution in [0.15, 0.2) is 24.3 Å². The lowest BCUT2D eigenvalue weighted by molar-refractivity contribution is -0.0919. The van der Waals surface area contributed by atoms with E-state index in [9.17, 15) is 4.39 Å². The van der Waals surface area contributed by atoms with Gasteiger partial charge in [0, 0.05) is 0 Å². The Hall–Kier alpha value is -0.800. The Morgan fingerprint density at radius 3 is 2.30 bits per heavy atom. The van der Waals surface area contributed by atoms with Crippen LogP contribution in [0.1, 0.15) is 0 Å². The van der Waals surface area contributed by atoms with E-state index in [0.29, 0.717) is 5.75 Å². The van der Waals surface area contributed by atoms with E-state index in [1.807, 2.05) is 0 Å². The van der Waals surface area contributed by atoms with Gasteiger partial charge in [-0.25, -0.2) is 4.39 Å². The first-order valence-corrected chi connectivity index (χ1v) is 2.84. The quantitative estimate of drug-likeness (QED) is 0.491. The van der Waals surface area contributed by atoms with Crippen molar-refractivity contribution in [2.75, 3.05) is 0 Å². The minimum atomic E-state index is -0.332. The summed E-state index contributed by atoms with van der Waals surface area (Å²) in [6, 6.07) is 5.28. The molecule has 0 N–H and O–H groups in total. The molecule has 0 atom stereocenters. The van der Waals surface area contributed by atoms with Crippen LogP contribution in [-0.2, 0) is 4.44 Å². The molecule has 0 heterocycles. The van der Waals surface area contributed by atoms with Gasteiger partial charge in [-0.05, 0) is 24.3 Å². The Morgan fingerprint density at radius 2 is 1.80 bits per heavy atom. The molecule has 1 rings (SSSR count). The van der Waals surface area contributed by atoms with Gasteiger partial charge in [-0.1, -0.05) is 4.44 Å². The summed E-state index contributed by atoms with van der Waals surface area (Å²) in [7, 11) is 0. The minimum Gasteiger partial charge on any atom is -0.320 e. The van der Waals surface area contributed by atoms with Crippen LogP contribution in [0.4, 0.5) is 4.39 Å². The van der Waals surface area contributed by atoms with Gasteiger partial charge in [-0.3, -0.25) is 0 Å². The van der Waals surface area contributed by atoms with Gasteiger partial charge in [-0.15, -0.1) is 0 Å². The maximum Gasteiger partial charge on any atom is 0.167 e. The Kier molecular flexibility index (Phi) is 2.48. The van der Waals surface area contributed by atoms with Gasteiger partial charge in [0.25, 0.3) is 0 Å². The zero-order valence-electron chi connectivity index (χ0n) is 4.88. The molecule has 0 aliphatic heterocycles. The van der Waals surface area contributed by atoms with Crippen LogP contribution < -0.4 is 4.89 Å². The number of hydrogen-bond donors (Lipinski definition) is 0. The summed E-state index contributed by atoms with van der Waals surface area (Å²) >= 11 is 4.76. The molecule has 0 fully saturated rings. The molecule has 1 aromatic carbocycles. The fourth-order valence-electron chi connectivity index (χ4n) is 0.527. The summed E-state index contributed by atoms with van der Waals surface area (Å²) in [6.45, 7) is 0. The van der Waals surface area contributed by atoms with Gasteiger partial charge in [0.05, 0.1) is 0 Å². The predicted octanol–water partition coefficient (Wildman–Crippen LogP) is 2.29. The van der Waals surface area contributed by atoms with Crippen molar-refractivity contribution in [3.63, 3.8) is 0 Å². The molecule has 0 amide bonds. The third-order valence-corrected chi connectivity index (χ3v) is 1.00. The average molecular weight is 163 g/mol. The third-order valence-electron chi connectivity index (χ3n) is 0.941. The van der Waals surface area contributed by atoms with Crippen molar-refractivity contribution < 1.29 is 13.7 Å². The Morgan fingerprint density at radius 1 is 1.20 bits per heavy atom. The molecule has 10 heavy (non-hydrogen) atoms. The number of benzene rings is 1. The van der Waals surface area contributed by atoms with Crippen molar-refractivity contribution in [1.82, 2.24) is 0 Å². The molecule has 0 unspecified atom stereocenters. The van der Waals surface area contributed by atoms with Crippen LogP contribution in [0.25, 0.3) is 0 Å². The van der Waals surface area contributed by atoms with Gasteiger partial charge in [0.1, 0.15) is 17.7 Å². The lowest BCUT2D eigenvalue weighted by Gasteiger charge is -1.95. The van der Waals surface area contributed by atoms with Crippen LogP contribution >= 0.6 is 11.9 Å². The second-order valence-electron chi connectivity index (χ2n) is 1.60. The first-order chi connectivity index (χ1) is 4.83. The average Bonchev–Trinajstić information content (AvgIpc) is 1.95. The summed E-state index contributed by atoms with van der Waals surface area (Å²) in [5.74, 6) is 0.0262. The van der Waals surface area contributed by atoms with Gasteiger partial charge in [0.15, 0.2) is 5.75 Å². The van der Waals surface area contributed by atoms with Crippen molar-refractivity contribution in [2.45, 2.75) is 0 Å². The number of hydrogen-bond acceptors (Lipinski definition) is 2. The smallest absolute Gasteiger partial charge is 0.167 e. The van der Waals surface area contributed by atoms with Crippen LogP contribution in [0, 0.1) is 5.82 Å². The summed E-state index contributed by atoms with van der Waals surface area (Å²) in [6.07, 6.45) is 0. The number of halogens is 2. The van der Waals surface area contributed by atoms with Gasteiger partial charge in [0.2, 0.25) is 0 Å². The first-order valence-electron chi connectivity index (χ1n) is 2.54. The molecule has 0 radical (unpaired) electrons. The van der Waals surface area contributed by atoms with E-state index < -0.39 is 0 Å². The molecular formula is C6H4ClFO2. The highest BCUT2D eigenvalue weighted by Crippen LogP contribution is 2.11. The van der Waals surface area contributed by atoms with Gasteiger partial charge in [-0.2, -0.15) is 0 Å². The second-order valence-corrected chi connectivity index (χ2v) is 1.73. The molecule has 0 saturated carbocycles. The third kappa shape index (κ3) is 1.86. The molecule has 0 aliphatic rings.